The Morgan fingerprint density at radius 1 is 0.900 bits per heavy atom. The molecule has 0 heterocycles. The fourth-order valence-corrected chi connectivity index (χ4v) is 5.36. The number of hydrogen-bond donors (Lipinski definition) is 3. The predicted octanol–water partition coefficient (Wildman–Crippen LogP) is 7.47. The van der Waals surface area contributed by atoms with Crippen LogP contribution in [0.1, 0.15) is 42.9 Å². The predicted molar refractivity (Wildman–Crippen MR) is 160 cm³/mol. The van der Waals surface area contributed by atoms with Gasteiger partial charge in [-0.2, -0.15) is 0 Å². The molecule has 1 amide bonds. The van der Waals surface area contributed by atoms with Gasteiger partial charge >= 0.3 is 0 Å². The van der Waals surface area contributed by atoms with Crippen LogP contribution in [0.15, 0.2) is 89.8 Å². The molecule has 208 valence electrons. The van der Waals surface area contributed by atoms with E-state index in [1.54, 1.807) is 25.1 Å². The molecule has 7 nitrogen and oxygen atoms in total. The van der Waals surface area contributed by atoms with Gasteiger partial charge < -0.3 is 20.5 Å². The van der Waals surface area contributed by atoms with Crippen LogP contribution in [0.25, 0.3) is 0 Å². The molecule has 1 unspecified atom stereocenters. The molecule has 4 aromatic carbocycles. The van der Waals surface area contributed by atoms with Gasteiger partial charge in [-0.05, 0) is 73.7 Å². The van der Waals surface area contributed by atoms with Crippen molar-refractivity contribution in [2.75, 3.05) is 16.4 Å². The number of hydrogen-bond acceptors (Lipinski definition) is 6. The molecule has 0 spiro atoms. The Hall–Kier alpha value is -4.30. The lowest BCUT2D eigenvalue weighted by atomic mass is 9.99. The van der Waals surface area contributed by atoms with Crippen molar-refractivity contribution >= 4 is 32.8 Å². The molecular weight excluding hydrogens is 524 g/mol. The number of aryl methyl sites for hydroxylation is 2. The minimum atomic E-state index is -3.88. The second-order valence-electron chi connectivity index (χ2n) is 9.96. The average Bonchev–Trinajstić information content (AvgIpc) is 2.92. The normalized spacial score (nSPS) is 12.0. The van der Waals surface area contributed by atoms with E-state index in [1.165, 1.54) is 23.8 Å². The van der Waals surface area contributed by atoms with Crippen molar-refractivity contribution in [3.05, 3.63) is 102 Å². The SMILES string of the molecule is CCC(C)c1ccc(Oc2cc(Nc3ccc(C)cc3)c(O)cc2NC(=O)CS(=O)(=O)c2cccc(C)c2)cc1. The Morgan fingerprint density at radius 2 is 1.60 bits per heavy atom. The van der Waals surface area contributed by atoms with E-state index in [1.807, 2.05) is 55.5 Å². The molecular formula is C32H34N2O5S. The van der Waals surface area contributed by atoms with E-state index < -0.39 is 21.5 Å². The maximum Gasteiger partial charge on any atom is 0.240 e. The highest BCUT2D eigenvalue weighted by Gasteiger charge is 2.22. The van der Waals surface area contributed by atoms with Crippen LogP contribution in [0.4, 0.5) is 17.1 Å². The Balaban J connectivity index is 1.63. The summed E-state index contributed by atoms with van der Waals surface area (Å²) in [6, 6.07) is 24.6. The Kier molecular flexibility index (Phi) is 8.80. The van der Waals surface area contributed by atoms with E-state index in [9.17, 15) is 18.3 Å². The van der Waals surface area contributed by atoms with E-state index >= 15 is 0 Å². The number of amides is 1. The maximum atomic E-state index is 12.9. The van der Waals surface area contributed by atoms with E-state index in [0.29, 0.717) is 17.4 Å². The maximum absolute atomic E-state index is 12.9. The Morgan fingerprint density at radius 3 is 2.25 bits per heavy atom. The number of rotatable bonds is 10. The molecule has 0 aliphatic carbocycles. The fraction of sp³-hybridized carbons (Fsp3) is 0.219. The summed E-state index contributed by atoms with van der Waals surface area (Å²) in [6.07, 6.45) is 1.01. The molecule has 0 saturated carbocycles. The number of sulfone groups is 1. The summed E-state index contributed by atoms with van der Waals surface area (Å²) in [5, 5.41) is 16.6. The van der Waals surface area contributed by atoms with Gasteiger partial charge in [0, 0.05) is 17.8 Å². The first-order chi connectivity index (χ1) is 19.0. The minimum Gasteiger partial charge on any atom is -0.506 e. The monoisotopic (exact) mass is 558 g/mol. The summed E-state index contributed by atoms with van der Waals surface area (Å²) in [5.41, 5.74) is 4.31. The van der Waals surface area contributed by atoms with Gasteiger partial charge in [0.05, 0.1) is 16.3 Å². The molecule has 4 aromatic rings. The average molecular weight is 559 g/mol. The summed E-state index contributed by atoms with van der Waals surface area (Å²) < 4.78 is 31.9. The van der Waals surface area contributed by atoms with Crippen LogP contribution < -0.4 is 15.4 Å². The molecule has 40 heavy (non-hydrogen) atoms. The summed E-state index contributed by atoms with van der Waals surface area (Å²) in [5.74, 6) is -0.483. The lowest BCUT2D eigenvalue weighted by molar-refractivity contribution is -0.113. The first kappa shape index (κ1) is 28.7. The standard InChI is InChI=1S/C32H34N2O5S/c1-5-23(4)24-11-15-26(16-12-24)39-31-19-28(33-25-13-9-21(2)10-14-25)30(35)18-29(31)34-32(36)20-40(37,38)27-8-6-7-22(3)17-27/h6-19,23,33,35H,5,20H2,1-4H3,(H,34,36). The number of anilines is 3. The number of aromatic hydroxyl groups is 1. The van der Waals surface area contributed by atoms with Gasteiger partial charge in [-0.3, -0.25) is 4.79 Å². The van der Waals surface area contributed by atoms with Crippen molar-refractivity contribution in [3.63, 3.8) is 0 Å². The summed E-state index contributed by atoms with van der Waals surface area (Å²) in [7, 11) is -3.88. The van der Waals surface area contributed by atoms with Crippen LogP contribution in [0.2, 0.25) is 0 Å². The number of phenols is 1. The molecule has 0 fully saturated rings. The second kappa shape index (κ2) is 12.3. The number of ether oxygens (including phenoxy) is 1. The van der Waals surface area contributed by atoms with Crippen LogP contribution in [-0.2, 0) is 14.6 Å². The summed E-state index contributed by atoms with van der Waals surface area (Å²) >= 11 is 0. The van der Waals surface area contributed by atoms with Gasteiger partial charge in [-0.25, -0.2) is 8.42 Å². The highest BCUT2D eigenvalue weighted by atomic mass is 32.2. The summed E-state index contributed by atoms with van der Waals surface area (Å²) in [4.78, 5) is 13.0. The third kappa shape index (κ3) is 7.21. The van der Waals surface area contributed by atoms with Gasteiger partial charge in [-0.15, -0.1) is 0 Å². The zero-order valence-corrected chi connectivity index (χ0v) is 23.9. The smallest absolute Gasteiger partial charge is 0.240 e. The van der Waals surface area contributed by atoms with Crippen molar-refractivity contribution in [1.82, 2.24) is 0 Å². The van der Waals surface area contributed by atoms with Crippen molar-refractivity contribution in [2.45, 2.75) is 44.9 Å². The highest BCUT2D eigenvalue weighted by molar-refractivity contribution is 7.92. The lowest BCUT2D eigenvalue weighted by Gasteiger charge is -2.17. The molecule has 0 aromatic heterocycles. The van der Waals surface area contributed by atoms with E-state index in [-0.39, 0.29) is 22.1 Å². The van der Waals surface area contributed by atoms with E-state index in [0.717, 1.165) is 23.2 Å². The zero-order valence-electron chi connectivity index (χ0n) is 23.1. The Bertz CT molecular complexity index is 1600. The number of carbonyl (C=O) groups excluding carboxylic acids is 1. The Labute approximate surface area is 235 Å². The van der Waals surface area contributed by atoms with E-state index in [4.69, 9.17) is 4.74 Å². The molecule has 1 atom stereocenters. The van der Waals surface area contributed by atoms with Crippen LogP contribution in [0, 0.1) is 13.8 Å². The molecule has 0 radical (unpaired) electrons. The highest BCUT2D eigenvalue weighted by Crippen LogP contribution is 2.40. The van der Waals surface area contributed by atoms with Crippen molar-refractivity contribution in [3.8, 4) is 17.2 Å². The van der Waals surface area contributed by atoms with Gasteiger partial charge in [-0.1, -0.05) is 55.8 Å². The number of carbonyl (C=O) groups is 1. The number of nitrogens with one attached hydrogen (secondary N) is 2. The molecule has 3 N–H and O–H groups in total. The van der Waals surface area contributed by atoms with E-state index in [2.05, 4.69) is 24.5 Å². The first-order valence-corrected chi connectivity index (χ1v) is 14.8. The van der Waals surface area contributed by atoms with Crippen LogP contribution in [0.3, 0.4) is 0 Å². The quantitative estimate of drug-likeness (QED) is 0.174. The van der Waals surface area contributed by atoms with Crippen molar-refractivity contribution in [1.29, 1.82) is 0 Å². The number of benzene rings is 4. The first-order valence-electron chi connectivity index (χ1n) is 13.1. The largest absolute Gasteiger partial charge is 0.506 e. The third-order valence-electron chi connectivity index (χ3n) is 6.66. The van der Waals surface area contributed by atoms with Crippen LogP contribution in [0.5, 0.6) is 17.2 Å². The lowest BCUT2D eigenvalue weighted by Crippen LogP contribution is -2.23. The van der Waals surface area contributed by atoms with Gasteiger partial charge in [0.25, 0.3) is 0 Å². The minimum absolute atomic E-state index is 0.0704. The third-order valence-corrected chi connectivity index (χ3v) is 8.28. The molecule has 0 bridgehead atoms. The molecule has 0 aliphatic rings. The van der Waals surface area contributed by atoms with Crippen molar-refractivity contribution in [2.24, 2.45) is 0 Å². The zero-order chi connectivity index (χ0) is 28.9. The topological polar surface area (TPSA) is 105 Å². The molecule has 0 aliphatic heterocycles. The number of phenolic OH excluding ortho intramolecular Hbond substituents is 1. The van der Waals surface area contributed by atoms with Crippen LogP contribution in [-0.4, -0.2) is 25.2 Å². The molecule has 8 heteroatoms. The van der Waals surface area contributed by atoms with Gasteiger partial charge in [0.1, 0.15) is 17.3 Å². The molecule has 0 saturated heterocycles. The van der Waals surface area contributed by atoms with Crippen molar-refractivity contribution < 1.29 is 23.1 Å². The van der Waals surface area contributed by atoms with Gasteiger partial charge in [0.2, 0.25) is 5.91 Å². The van der Waals surface area contributed by atoms with Crippen LogP contribution >= 0.6 is 0 Å². The summed E-state index contributed by atoms with van der Waals surface area (Å²) in [6.45, 7) is 8.04. The van der Waals surface area contributed by atoms with Gasteiger partial charge in [0.15, 0.2) is 15.6 Å². The second-order valence-corrected chi connectivity index (χ2v) is 12.0. The molecule has 4 rings (SSSR count). The fourth-order valence-electron chi connectivity index (χ4n) is 4.12.